The Morgan fingerprint density at radius 3 is 1.71 bits per heavy atom. The topological polar surface area (TPSA) is 152 Å². The standard InChI is InChI=1S/C11H12N2OS.C9H15N3OS.C7H11N3OS/c1-7(2)10(14)13-11-12-8-5-3-4-6-9(8)15-11;1-4-5-7-11-12-9(14-7)10-8(13)6(2)3;1-4(2)6(11)8-7-10-9-5(3)12-7/h3-7H,1-2H3,(H,12,13,14);6H,4-5H2,1-3H3,(H,10,12,13);4H,1-3H3,(H,8,10,11). The van der Waals surface area contributed by atoms with Gasteiger partial charge in [0.1, 0.15) is 10.0 Å². The molecule has 41 heavy (non-hydrogen) atoms. The van der Waals surface area contributed by atoms with Crippen LogP contribution in [0.15, 0.2) is 24.3 Å². The summed E-state index contributed by atoms with van der Waals surface area (Å²) in [7, 11) is 0. The first kappa shape index (κ1) is 33.8. The highest BCUT2D eigenvalue weighted by Crippen LogP contribution is 2.25. The van der Waals surface area contributed by atoms with E-state index < -0.39 is 0 Å². The van der Waals surface area contributed by atoms with E-state index in [9.17, 15) is 14.4 Å². The lowest BCUT2D eigenvalue weighted by molar-refractivity contribution is -0.119. The van der Waals surface area contributed by atoms with Crippen LogP contribution in [0.3, 0.4) is 0 Å². The van der Waals surface area contributed by atoms with Gasteiger partial charge in [0.05, 0.1) is 10.2 Å². The second kappa shape index (κ2) is 16.8. The molecular weight excluding hydrogens is 581 g/mol. The first-order chi connectivity index (χ1) is 19.4. The minimum Gasteiger partial charge on any atom is -0.302 e. The van der Waals surface area contributed by atoms with Crippen molar-refractivity contribution in [2.45, 2.75) is 68.2 Å². The Morgan fingerprint density at radius 1 is 0.707 bits per heavy atom. The molecule has 0 unspecified atom stereocenters. The molecule has 0 fully saturated rings. The number of para-hydroxylation sites is 1. The molecule has 0 spiro atoms. The Morgan fingerprint density at radius 2 is 1.22 bits per heavy atom. The number of fused-ring (bicyclic) bond motifs is 1. The van der Waals surface area contributed by atoms with Gasteiger partial charge >= 0.3 is 0 Å². The summed E-state index contributed by atoms with van der Waals surface area (Å²) in [5.41, 5.74) is 0.932. The molecule has 0 saturated carbocycles. The van der Waals surface area contributed by atoms with E-state index in [0.29, 0.717) is 15.4 Å². The van der Waals surface area contributed by atoms with Crippen molar-refractivity contribution >= 4 is 77.3 Å². The number of rotatable bonds is 8. The number of aromatic nitrogens is 5. The van der Waals surface area contributed by atoms with Crippen LogP contribution in [-0.2, 0) is 20.8 Å². The quantitative estimate of drug-likeness (QED) is 0.205. The third-order valence-electron chi connectivity index (χ3n) is 5.01. The number of hydrogen-bond acceptors (Lipinski definition) is 11. The summed E-state index contributed by atoms with van der Waals surface area (Å²) in [6.07, 6.45) is 1.97. The number of nitrogens with one attached hydrogen (secondary N) is 3. The third kappa shape index (κ3) is 12.0. The Balaban J connectivity index is 0.000000217. The SMILES string of the molecule is CC(C)C(=O)Nc1nc2ccccc2s1.CCCc1nnc(NC(=O)C(C)C)s1.Cc1nnc(NC(=O)C(C)C)s1. The van der Waals surface area contributed by atoms with Gasteiger partial charge in [-0.25, -0.2) is 4.98 Å². The van der Waals surface area contributed by atoms with Crippen LogP contribution in [0.5, 0.6) is 0 Å². The van der Waals surface area contributed by atoms with E-state index in [1.165, 1.54) is 34.0 Å². The highest BCUT2D eigenvalue weighted by Gasteiger charge is 2.12. The monoisotopic (exact) mass is 618 g/mol. The van der Waals surface area contributed by atoms with E-state index in [-0.39, 0.29) is 35.5 Å². The van der Waals surface area contributed by atoms with Gasteiger partial charge in [-0.05, 0) is 25.5 Å². The number of hydrogen-bond donors (Lipinski definition) is 3. The van der Waals surface area contributed by atoms with E-state index in [1.54, 1.807) is 0 Å². The highest BCUT2D eigenvalue weighted by atomic mass is 32.1. The highest BCUT2D eigenvalue weighted by molar-refractivity contribution is 7.22. The van der Waals surface area contributed by atoms with Crippen molar-refractivity contribution in [2.75, 3.05) is 16.0 Å². The van der Waals surface area contributed by atoms with Crippen LogP contribution in [0.1, 0.15) is 64.9 Å². The van der Waals surface area contributed by atoms with Crippen LogP contribution in [0.4, 0.5) is 15.4 Å². The summed E-state index contributed by atoms with van der Waals surface area (Å²) in [6.45, 7) is 15.0. The molecule has 0 aliphatic heterocycles. The molecule has 0 bridgehead atoms. The van der Waals surface area contributed by atoms with Gasteiger partial charge in [0, 0.05) is 24.2 Å². The second-order valence-corrected chi connectivity index (χ2v) is 13.1. The molecule has 3 amide bonds. The van der Waals surface area contributed by atoms with Gasteiger partial charge < -0.3 is 16.0 Å². The van der Waals surface area contributed by atoms with Gasteiger partial charge in [-0.2, -0.15) is 0 Å². The fraction of sp³-hybridized carbons (Fsp3) is 0.481. The Hall–Kier alpha value is -3.36. The van der Waals surface area contributed by atoms with E-state index in [2.05, 4.69) is 48.3 Å². The van der Waals surface area contributed by atoms with Crippen molar-refractivity contribution < 1.29 is 14.4 Å². The lowest BCUT2D eigenvalue weighted by Crippen LogP contribution is -2.17. The van der Waals surface area contributed by atoms with Crippen molar-refractivity contribution in [3.8, 4) is 0 Å². The predicted molar refractivity (Wildman–Crippen MR) is 169 cm³/mol. The maximum absolute atomic E-state index is 11.4. The molecule has 222 valence electrons. The van der Waals surface area contributed by atoms with Gasteiger partial charge in [0.25, 0.3) is 0 Å². The van der Waals surface area contributed by atoms with Crippen LogP contribution in [-0.4, -0.2) is 43.1 Å². The number of anilines is 3. The zero-order valence-electron chi connectivity index (χ0n) is 24.6. The zero-order valence-corrected chi connectivity index (χ0v) is 27.1. The smallest absolute Gasteiger partial charge is 0.228 e. The van der Waals surface area contributed by atoms with E-state index in [4.69, 9.17) is 0 Å². The fourth-order valence-corrected chi connectivity index (χ4v) is 4.95. The van der Waals surface area contributed by atoms with Crippen molar-refractivity contribution in [2.24, 2.45) is 17.8 Å². The maximum atomic E-state index is 11.4. The van der Waals surface area contributed by atoms with Crippen LogP contribution in [0, 0.1) is 24.7 Å². The molecular formula is C27H38N8O3S3. The molecule has 11 nitrogen and oxygen atoms in total. The second-order valence-electron chi connectivity index (χ2n) is 9.80. The number of thiazole rings is 1. The molecule has 3 N–H and O–H groups in total. The molecule has 0 saturated heterocycles. The summed E-state index contributed by atoms with van der Waals surface area (Å²) in [4.78, 5) is 38.2. The molecule has 0 aliphatic rings. The Bertz CT molecular complexity index is 1380. The van der Waals surface area contributed by atoms with Crippen LogP contribution in [0.25, 0.3) is 10.2 Å². The summed E-state index contributed by atoms with van der Waals surface area (Å²) in [6, 6.07) is 7.85. The van der Waals surface area contributed by atoms with E-state index in [0.717, 1.165) is 33.1 Å². The lowest BCUT2D eigenvalue weighted by atomic mass is 10.2. The number of benzene rings is 1. The van der Waals surface area contributed by atoms with Gasteiger partial charge in [0.2, 0.25) is 28.0 Å². The molecule has 0 radical (unpaired) electrons. The van der Waals surface area contributed by atoms with Crippen molar-refractivity contribution in [1.29, 1.82) is 0 Å². The molecule has 3 heterocycles. The van der Waals surface area contributed by atoms with Gasteiger partial charge in [-0.3, -0.25) is 14.4 Å². The number of aryl methyl sites for hydroxylation is 2. The maximum Gasteiger partial charge on any atom is 0.228 e. The van der Waals surface area contributed by atoms with Crippen molar-refractivity contribution in [1.82, 2.24) is 25.4 Å². The van der Waals surface area contributed by atoms with E-state index in [1.807, 2.05) is 72.7 Å². The summed E-state index contributed by atoms with van der Waals surface area (Å²) >= 11 is 4.33. The first-order valence-electron chi connectivity index (χ1n) is 13.3. The average Bonchev–Trinajstić information content (AvgIpc) is 3.64. The van der Waals surface area contributed by atoms with Crippen molar-refractivity contribution in [3.05, 3.63) is 34.3 Å². The number of carbonyl (C=O) groups excluding carboxylic acids is 3. The fourth-order valence-electron chi connectivity index (χ4n) is 2.64. The minimum absolute atomic E-state index is 0.00839. The molecule has 4 rings (SSSR count). The minimum atomic E-state index is -0.0221. The predicted octanol–water partition coefficient (Wildman–Crippen LogP) is 6.42. The summed E-state index contributed by atoms with van der Waals surface area (Å²) < 4.78 is 1.09. The molecule has 0 aliphatic carbocycles. The zero-order chi connectivity index (χ0) is 30.5. The summed E-state index contributed by atoms with van der Waals surface area (Å²) in [5.74, 6) is -0.0795. The molecule has 3 aromatic heterocycles. The van der Waals surface area contributed by atoms with Crippen LogP contribution < -0.4 is 16.0 Å². The average molecular weight is 619 g/mol. The third-order valence-corrected chi connectivity index (χ3v) is 7.62. The lowest BCUT2D eigenvalue weighted by Gasteiger charge is -2.02. The number of nitrogens with zero attached hydrogens (tertiary/aromatic N) is 5. The Kier molecular flexibility index (Phi) is 13.9. The molecule has 1 aromatic carbocycles. The Labute approximate surface area is 252 Å². The van der Waals surface area contributed by atoms with Gasteiger partial charge in [0.15, 0.2) is 5.13 Å². The van der Waals surface area contributed by atoms with Gasteiger partial charge in [-0.15, -0.1) is 20.4 Å². The van der Waals surface area contributed by atoms with Crippen LogP contribution >= 0.6 is 34.0 Å². The van der Waals surface area contributed by atoms with Gasteiger partial charge in [-0.1, -0.05) is 94.6 Å². The van der Waals surface area contributed by atoms with E-state index >= 15 is 0 Å². The number of amides is 3. The normalized spacial score (nSPS) is 10.6. The largest absolute Gasteiger partial charge is 0.302 e. The van der Waals surface area contributed by atoms with Crippen LogP contribution in [0.2, 0.25) is 0 Å². The summed E-state index contributed by atoms with van der Waals surface area (Å²) in [5, 5.41) is 27.3. The van der Waals surface area contributed by atoms with Crippen molar-refractivity contribution in [3.63, 3.8) is 0 Å². The molecule has 4 aromatic rings. The first-order valence-corrected chi connectivity index (χ1v) is 15.7. The molecule has 0 atom stereocenters. The molecule has 14 heteroatoms. The number of carbonyl (C=O) groups is 3.